The Bertz CT molecular complexity index is 1100. The van der Waals surface area contributed by atoms with Crippen LogP contribution in [0.1, 0.15) is 15.9 Å². The fraction of sp³-hybridized carbons (Fsp3) is 0.333. The molecule has 0 aromatic heterocycles. The first-order chi connectivity index (χ1) is 16.0. The Labute approximate surface area is 198 Å². The molecule has 0 saturated carbocycles. The number of carbonyl (C=O) groups is 1. The van der Waals surface area contributed by atoms with Gasteiger partial charge in [0.1, 0.15) is 5.69 Å². The summed E-state index contributed by atoms with van der Waals surface area (Å²) in [7, 11) is 2.93. The maximum Gasteiger partial charge on any atom is 0.416 e. The minimum atomic E-state index is -4.68. The second kappa shape index (κ2) is 10.1. The summed E-state index contributed by atoms with van der Waals surface area (Å²) >= 11 is 5.33. The lowest BCUT2D eigenvalue weighted by Gasteiger charge is -2.37. The molecule has 2 aromatic carbocycles. The van der Waals surface area contributed by atoms with Crippen LogP contribution in [0.3, 0.4) is 0 Å². The summed E-state index contributed by atoms with van der Waals surface area (Å²) in [6.45, 7) is 1.14. The largest absolute Gasteiger partial charge is 0.493 e. The molecule has 3 rings (SSSR count). The Balaban J connectivity index is 1.65. The van der Waals surface area contributed by atoms with E-state index < -0.39 is 28.3 Å². The number of piperazine rings is 1. The van der Waals surface area contributed by atoms with E-state index in [9.17, 15) is 28.1 Å². The molecule has 1 heterocycles. The molecular formula is C21H21F3N4O5S. The first kappa shape index (κ1) is 25.0. The summed E-state index contributed by atoms with van der Waals surface area (Å²) < 4.78 is 49.2. The Kier molecular flexibility index (Phi) is 7.44. The Hall–Kier alpha value is -3.61. The average Bonchev–Trinajstić information content (AvgIpc) is 2.82. The molecule has 1 saturated heterocycles. The normalized spacial score (nSPS) is 13.9. The lowest BCUT2D eigenvalue weighted by atomic mass is 10.1. The van der Waals surface area contributed by atoms with Crippen LogP contribution in [-0.2, 0) is 6.18 Å². The van der Waals surface area contributed by atoms with Gasteiger partial charge in [0.05, 0.1) is 24.7 Å². The molecule has 0 radical (unpaired) electrons. The van der Waals surface area contributed by atoms with E-state index in [1.54, 1.807) is 21.9 Å². The van der Waals surface area contributed by atoms with Gasteiger partial charge in [-0.15, -0.1) is 0 Å². The number of carbonyl (C=O) groups excluding carboxylic acids is 1. The van der Waals surface area contributed by atoms with Gasteiger partial charge < -0.3 is 19.3 Å². The van der Waals surface area contributed by atoms with Gasteiger partial charge in [-0.3, -0.25) is 20.2 Å². The van der Waals surface area contributed by atoms with Crippen molar-refractivity contribution >= 4 is 34.6 Å². The second-order valence-corrected chi connectivity index (χ2v) is 7.65. The molecule has 0 bridgehead atoms. The van der Waals surface area contributed by atoms with E-state index in [1.807, 2.05) is 0 Å². The van der Waals surface area contributed by atoms with E-state index in [-0.39, 0.29) is 23.9 Å². The molecular weight excluding hydrogens is 477 g/mol. The van der Waals surface area contributed by atoms with Crippen LogP contribution in [0.2, 0.25) is 0 Å². The van der Waals surface area contributed by atoms with Gasteiger partial charge in [-0.2, -0.15) is 13.2 Å². The number of methoxy groups -OCH3 is 2. The van der Waals surface area contributed by atoms with Crippen molar-refractivity contribution in [2.24, 2.45) is 0 Å². The van der Waals surface area contributed by atoms with Crippen LogP contribution in [0.5, 0.6) is 11.5 Å². The molecule has 1 aliphatic heterocycles. The van der Waals surface area contributed by atoms with Gasteiger partial charge in [-0.05, 0) is 42.5 Å². The SMILES string of the molecule is COc1ccc(C(=O)NC(=S)N2CCN(c3ccc(C(F)(F)F)cc3[N+](=O)[O-])CC2)cc1OC. The van der Waals surface area contributed by atoms with Gasteiger partial charge in [0.25, 0.3) is 11.6 Å². The number of nitrogens with one attached hydrogen (secondary N) is 1. The summed E-state index contributed by atoms with van der Waals surface area (Å²) in [5.41, 5.74) is -1.30. The molecule has 0 aliphatic carbocycles. The number of thiocarbonyl (C=S) groups is 1. The highest BCUT2D eigenvalue weighted by atomic mass is 32.1. The summed E-state index contributed by atoms with van der Waals surface area (Å²) in [4.78, 5) is 26.5. The van der Waals surface area contributed by atoms with Crippen molar-refractivity contribution in [3.05, 3.63) is 57.6 Å². The predicted octanol–water partition coefficient (Wildman–Crippen LogP) is 3.47. The van der Waals surface area contributed by atoms with Crippen molar-refractivity contribution in [3.63, 3.8) is 0 Å². The van der Waals surface area contributed by atoms with Gasteiger partial charge >= 0.3 is 6.18 Å². The monoisotopic (exact) mass is 498 g/mol. The third kappa shape index (κ3) is 5.47. The number of alkyl halides is 3. The third-order valence-electron chi connectivity index (χ3n) is 5.27. The molecule has 1 N–H and O–H groups in total. The zero-order valence-electron chi connectivity index (χ0n) is 18.2. The van der Waals surface area contributed by atoms with Crippen LogP contribution in [-0.4, -0.2) is 61.2 Å². The summed E-state index contributed by atoms with van der Waals surface area (Å²) in [5, 5.41) is 14.2. The van der Waals surface area contributed by atoms with Crippen molar-refractivity contribution in [3.8, 4) is 11.5 Å². The number of anilines is 1. The number of nitrogens with zero attached hydrogens (tertiary/aromatic N) is 3. The molecule has 0 unspecified atom stereocenters. The fourth-order valence-electron chi connectivity index (χ4n) is 3.49. The van der Waals surface area contributed by atoms with Gasteiger partial charge in [-0.25, -0.2) is 0 Å². The smallest absolute Gasteiger partial charge is 0.416 e. The topological polar surface area (TPSA) is 97.2 Å². The summed E-state index contributed by atoms with van der Waals surface area (Å²) in [6.07, 6.45) is -4.68. The van der Waals surface area contributed by atoms with Gasteiger partial charge in [-0.1, -0.05) is 0 Å². The highest BCUT2D eigenvalue weighted by Crippen LogP contribution is 2.36. The number of rotatable bonds is 5. The molecule has 1 aliphatic rings. The Morgan fingerprint density at radius 1 is 1.06 bits per heavy atom. The number of hydrogen-bond acceptors (Lipinski definition) is 7. The second-order valence-electron chi connectivity index (χ2n) is 7.26. The lowest BCUT2D eigenvalue weighted by molar-refractivity contribution is -0.384. The molecule has 9 nitrogen and oxygen atoms in total. The third-order valence-corrected chi connectivity index (χ3v) is 5.63. The van der Waals surface area contributed by atoms with Crippen LogP contribution in [0.4, 0.5) is 24.5 Å². The molecule has 0 spiro atoms. The number of amides is 1. The standard InChI is InChI=1S/C21H21F3N4O5S/c1-32-17-6-3-13(11-18(17)33-2)19(29)25-20(34)27-9-7-26(8-10-27)15-5-4-14(21(22,23)24)12-16(15)28(30)31/h3-6,11-12H,7-10H2,1-2H3,(H,25,29,34). The molecule has 0 atom stereocenters. The van der Waals surface area contributed by atoms with E-state index in [4.69, 9.17) is 21.7 Å². The highest BCUT2D eigenvalue weighted by Gasteiger charge is 2.34. The number of ether oxygens (including phenoxy) is 2. The number of hydrogen-bond donors (Lipinski definition) is 1. The van der Waals surface area contributed by atoms with Crippen molar-refractivity contribution in [2.75, 3.05) is 45.3 Å². The number of nitro groups is 1. The summed E-state index contributed by atoms with van der Waals surface area (Å²) in [5.74, 6) is 0.398. The minimum Gasteiger partial charge on any atom is -0.493 e. The molecule has 1 amide bonds. The van der Waals surface area contributed by atoms with Crippen LogP contribution in [0.15, 0.2) is 36.4 Å². The quantitative estimate of drug-likeness (QED) is 0.380. The van der Waals surface area contributed by atoms with Gasteiger partial charge in [0.15, 0.2) is 16.6 Å². The lowest BCUT2D eigenvalue weighted by Crippen LogP contribution is -2.52. The van der Waals surface area contributed by atoms with Crippen molar-refractivity contribution < 1.29 is 32.4 Å². The maximum atomic E-state index is 12.9. The number of benzene rings is 2. The zero-order valence-corrected chi connectivity index (χ0v) is 19.0. The van der Waals surface area contributed by atoms with E-state index in [2.05, 4.69) is 5.32 Å². The Morgan fingerprint density at radius 2 is 1.71 bits per heavy atom. The van der Waals surface area contributed by atoms with Gasteiger partial charge in [0, 0.05) is 37.8 Å². The van der Waals surface area contributed by atoms with E-state index >= 15 is 0 Å². The van der Waals surface area contributed by atoms with Crippen LogP contribution < -0.4 is 19.7 Å². The maximum absolute atomic E-state index is 12.9. The van der Waals surface area contributed by atoms with Crippen molar-refractivity contribution in [1.29, 1.82) is 0 Å². The first-order valence-electron chi connectivity index (χ1n) is 9.98. The molecule has 182 valence electrons. The predicted molar refractivity (Wildman–Crippen MR) is 121 cm³/mol. The van der Waals surface area contributed by atoms with Crippen LogP contribution in [0.25, 0.3) is 0 Å². The summed E-state index contributed by atoms with van der Waals surface area (Å²) in [6, 6.07) is 7.12. The first-order valence-corrected chi connectivity index (χ1v) is 10.4. The minimum absolute atomic E-state index is 0.0953. The van der Waals surface area contributed by atoms with Crippen LogP contribution in [0, 0.1) is 10.1 Å². The van der Waals surface area contributed by atoms with Crippen molar-refractivity contribution in [1.82, 2.24) is 10.2 Å². The van der Waals surface area contributed by atoms with Gasteiger partial charge in [0.2, 0.25) is 0 Å². The van der Waals surface area contributed by atoms with E-state index in [0.717, 1.165) is 12.1 Å². The van der Waals surface area contributed by atoms with E-state index in [1.165, 1.54) is 20.3 Å². The highest BCUT2D eigenvalue weighted by molar-refractivity contribution is 7.80. The number of nitro benzene ring substituents is 1. The molecule has 13 heteroatoms. The molecule has 1 fully saturated rings. The van der Waals surface area contributed by atoms with E-state index in [0.29, 0.717) is 36.2 Å². The molecule has 34 heavy (non-hydrogen) atoms. The fourth-order valence-corrected chi connectivity index (χ4v) is 3.76. The molecule has 2 aromatic rings. The average molecular weight is 498 g/mol. The van der Waals surface area contributed by atoms with Crippen LogP contribution >= 0.6 is 12.2 Å². The Morgan fingerprint density at radius 3 is 2.26 bits per heavy atom. The van der Waals surface area contributed by atoms with Crippen molar-refractivity contribution in [2.45, 2.75) is 6.18 Å². The number of halogens is 3. The zero-order chi connectivity index (χ0) is 25.0.